The molecule has 2 nitrogen and oxygen atoms in total. The van der Waals surface area contributed by atoms with Crippen molar-refractivity contribution in [1.82, 2.24) is 5.32 Å². The maximum atomic E-state index is 4.25. The molecule has 1 N–H and O–H groups in total. The van der Waals surface area contributed by atoms with Crippen LogP contribution in [0.2, 0.25) is 0 Å². The topological polar surface area (TPSA) is 21.3 Å². The highest BCUT2D eigenvalue weighted by Crippen LogP contribution is 2.00. The Morgan fingerprint density at radius 2 is 1.06 bits per heavy atom. The second-order valence-electron chi connectivity index (χ2n) is 3.98. The lowest BCUT2D eigenvalue weighted by atomic mass is 10.2. The second kappa shape index (κ2) is 9.40. The summed E-state index contributed by atoms with van der Waals surface area (Å²) >= 11 is 0. The van der Waals surface area contributed by atoms with Gasteiger partial charge in [0.25, 0.3) is 0 Å². The van der Waals surface area contributed by atoms with Crippen molar-refractivity contribution in [2.45, 2.75) is 13.1 Å². The van der Waals surface area contributed by atoms with Gasteiger partial charge < -0.3 is 10.1 Å². The van der Waals surface area contributed by atoms with Crippen LogP contribution in [0.3, 0.4) is 0 Å². The zero-order valence-electron chi connectivity index (χ0n) is 11.1. The molecule has 2 heteroatoms. The van der Waals surface area contributed by atoms with Crippen molar-refractivity contribution in [3.05, 3.63) is 71.8 Å². The van der Waals surface area contributed by atoms with Crippen LogP contribution < -0.4 is 5.32 Å². The Kier molecular flexibility index (Phi) is 7.53. The average Bonchev–Trinajstić information content (AvgIpc) is 2.42. The Hall–Kier alpha value is -1.64. The Morgan fingerprint density at radius 1 is 0.722 bits per heavy atom. The van der Waals surface area contributed by atoms with Gasteiger partial charge in [0.2, 0.25) is 0 Å². The van der Waals surface area contributed by atoms with Crippen molar-refractivity contribution in [3.63, 3.8) is 0 Å². The Balaban J connectivity index is 0.000000492. The molecule has 2 rings (SSSR count). The van der Waals surface area contributed by atoms with E-state index in [0.717, 1.165) is 13.1 Å². The fourth-order valence-electron chi connectivity index (χ4n) is 1.54. The summed E-state index contributed by atoms with van der Waals surface area (Å²) in [6.45, 7) is 1.85. The first-order chi connectivity index (χ1) is 8.86. The summed E-state index contributed by atoms with van der Waals surface area (Å²) in [5.74, 6) is 0. The van der Waals surface area contributed by atoms with E-state index in [1.807, 2.05) is 12.1 Å². The van der Waals surface area contributed by atoms with Gasteiger partial charge in [0.15, 0.2) is 0 Å². The first-order valence-corrected chi connectivity index (χ1v) is 6.05. The Bertz CT molecular complexity index is 360. The standard InChI is InChI=1S/C14H15N.C2H6O/c1-3-7-13(8-4-1)11-15-12-14-9-5-2-6-10-14;1-3-2/h1-10,15H,11-12H2;1-2H3. The van der Waals surface area contributed by atoms with Crippen molar-refractivity contribution >= 4 is 0 Å². The van der Waals surface area contributed by atoms with Crippen LogP contribution in [0, 0.1) is 0 Å². The summed E-state index contributed by atoms with van der Waals surface area (Å²) < 4.78 is 4.25. The third-order valence-electron chi connectivity index (χ3n) is 2.34. The van der Waals surface area contributed by atoms with Crippen LogP contribution >= 0.6 is 0 Å². The van der Waals surface area contributed by atoms with Crippen molar-refractivity contribution < 1.29 is 4.74 Å². The van der Waals surface area contributed by atoms with E-state index in [9.17, 15) is 0 Å². The van der Waals surface area contributed by atoms with Crippen LogP contribution in [-0.2, 0) is 17.8 Å². The minimum atomic E-state index is 0.926. The van der Waals surface area contributed by atoms with E-state index in [4.69, 9.17) is 0 Å². The van der Waals surface area contributed by atoms with Crippen LogP contribution in [0.15, 0.2) is 60.7 Å². The molecule has 0 bridgehead atoms. The van der Waals surface area contributed by atoms with Crippen molar-refractivity contribution in [2.24, 2.45) is 0 Å². The second-order valence-corrected chi connectivity index (χ2v) is 3.98. The summed E-state index contributed by atoms with van der Waals surface area (Å²) in [6, 6.07) is 20.9. The predicted octanol–water partition coefficient (Wildman–Crippen LogP) is 3.24. The normalized spacial score (nSPS) is 9.44. The number of hydrogen-bond donors (Lipinski definition) is 1. The summed E-state index contributed by atoms with van der Waals surface area (Å²) in [4.78, 5) is 0. The maximum Gasteiger partial charge on any atom is 0.0351 e. The lowest BCUT2D eigenvalue weighted by Crippen LogP contribution is -2.12. The molecule has 0 spiro atoms. The van der Waals surface area contributed by atoms with E-state index in [2.05, 4.69) is 58.6 Å². The van der Waals surface area contributed by atoms with Gasteiger partial charge in [-0.3, -0.25) is 0 Å². The summed E-state index contributed by atoms with van der Waals surface area (Å²) in [5.41, 5.74) is 2.65. The van der Waals surface area contributed by atoms with Crippen LogP contribution in [0.5, 0.6) is 0 Å². The van der Waals surface area contributed by atoms with Crippen LogP contribution in [0.25, 0.3) is 0 Å². The molecule has 0 saturated heterocycles. The zero-order valence-corrected chi connectivity index (χ0v) is 11.1. The third-order valence-corrected chi connectivity index (χ3v) is 2.34. The van der Waals surface area contributed by atoms with Gasteiger partial charge >= 0.3 is 0 Å². The van der Waals surface area contributed by atoms with Crippen LogP contribution in [-0.4, -0.2) is 14.2 Å². The molecule has 2 aromatic carbocycles. The van der Waals surface area contributed by atoms with Crippen molar-refractivity contribution in [1.29, 1.82) is 0 Å². The smallest absolute Gasteiger partial charge is 0.0351 e. The fraction of sp³-hybridized carbons (Fsp3) is 0.250. The number of benzene rings is 2. The van der Waals surface area contributed by atoms with Gasteiger partial charge in [-0.2, -0.15) is 0 Å². The van der Waals surface area contributed by atoms with Crippen LogP contribution in [0.4, 0.5) is 0 Å². The van der Waals surface area contributed by atoms with Gasteiger partial charge in [-0.25, -0.2) is 0 Å². The molecule has 2 aromatic rings. The molecule has 0 atom stereocenters. The van der Waals surface area contributed by atoms with E-state index in [1.165, 1.54) is 11.1 Å². The minimum Gasteiger partial charge on any atom is -0.388 e. The summed E-state index contributed by atoms with van der Waals surface area (Å²) in [5, 5.41) is 3.42. The first-order valence-electron chi connectivity index (χ1n) is 6.05. The highest BCUT2D eigenvalue weighted by molar-refractivity contribution is 5.16. The number of ether oxygens (including phenoxy) is 1. The van der Waals surface area contributed by atoms with Gasteiger partial charge in [-0.05, 0) is 11.1 Å². The van der Waals surface area contributed by atoms with Gasteiger partial charge in [0.05, 0.1) is 0 Å². The molecule has 0 aromatic heterocycles. The minimum absolute atomic E-state index is 0.926. The van der Waals surface area contributed by atoms with Crippen LogP contribution in [0.1, 0.15) is 11.1 Å². The van der Waals surface area contributed by atoms with E-state index in [-0.39, 0.29) is 0 Å². The molecule has 0 radical (unpaired) electrons. The average molecular weight is 243 g/mol. The Labute approximate surface area is 110 Å². The molecule has 0 heterocycles. The highest BCUT2D eigenvalue weighted by Gasteiger charge is 1.92. The molecular weight excluding hydrogens is 222 g/mol. The molecule has 0 saturated carbocycles. The van der Waals surface area contributed by atoms with Gasteiger partial charge in [0.1, 0.15) is 0 Å². The molecule has 0 fully saturated rings. The fourth-order valence-corrected chi connectivity index (χ4v) is 1.54. The number of rotatable bonds is 4. The molecule has 0 amide bonds. The molecule has 0 aliphatic rings. The number of methoxy groups -OCH3 is 1. The zero-order chi connectivity index (χ0) is 13.1. The quantitative estimate of drug-likeness (QED) is 0.890. The van der Waals surface area contributed by atoms with Gasteiger partial charge in [-0.15, -0.1) is 0 Å². The summed E-state index contributed by atoms with van der Waals surface area (Å²) in [6.07, 6.45) is 0. The van der Waals surface area contributed by atoms with Gasteiger partial charge in [-0.1, -0.05) is 60.7 Å². The largest absolute Gasteiger partial charge is 0.388 e. The third kappa shape index (κ3) is 6.18. The van der Waals surface area contributed by atoms with Crippen molar-refractivity contribution in [2.75, 3.05) is 14.2 Å². The lowest BCUT2D eigenvalue weighted by Gasteiger charge is -2.04. The van der Waals surface area contributed by atoms with E-state index < -0.39 is 0 Å². The first kappa shape index (κ1) is 14.4. The lowest BCUT2D eigenvalue weighted by molar-refractivity contribution is 0.277. The molecule has 0 unspecified atom stereocenters. The van der Waals surface area contributed by atoms with E-state index in [1.54, 1.807) is 14.2 Å². The SMILES string of the molecule is COC.c1ccc(CNCc2ccccc2)cc1. The molecule has 0 aliphatic heterocycles. The van der Waals surface area contributed by atoms with E-state index in [0.29, 0.717) is 0 Å². The van der Waals surface area contributed by atoms with E-state index >= 15 is 0 Å². The molecule has 96 valence electrons. The van der Waals surface area contributed by atoms with Gasteiger partial charge in [0, 0.05) is 27.3 Å². The van der Waals surface area contributed by atoms with Crippen molar-refractivity contribution in [3.8, 4) is 0 Å². The highest BCUT2D eigenvalue weighted by atomic mass is 16.4. The molecular formula is C16H21NO. The summed E-state index contributed by atoms with van der Waals surface area (Å²) in [7, 11) is 3.25. The maximum absolute atomic E-state index is 4.25. The Morgan fingerprint density at radius 3 is 1.39 bits per heavy atom. The predicted molar refractivity (Wildman–Crippen MR) is 76.4 cm³/mol. The molecule has 18 heavy (non-hydrogen) atoms. The molecule has 0 aliphatic carbocycles. The number of hydrogen-bond acceptors (Lipinski definition) is 2. The number of nitrogens with one attached hydrogen (secondary N) is 1. The monoisotopic (exact) mass is 243 g/mol.